The summed E-state index contributed by atoms with van der Waals surface area (Å²) in [6, 6.07) is 17.1. The molecule has 0 saturated carbocycles. The van der Waals surface area contributed by atoms with Crippen LogP contribution in [0.15, 0.2) is 73.2 Å². The van der Waals surface area contributed by atoms with E-state index in [1.807, 2.05) is 54.6 Å². The molecular weight excluding hydrogens is 368 g/mol. The zero-order valence-electron chi connectivity index (χ0n) is 15.9. The van der Waals surface area contributed by atoms with Crippen LogP contribution in [0.2, 0.25) is 0 Å². The van der Waals surface area contributed by atoms with Crippen molar-refractivity contribution >= 4 is 11.6 Å². The fourth-order valence-electron chi connectivity index (χ4n) is 2.98. The van der Waals surface area contributed by atoms with Gasteiger partial charge in [-0.25, -0.2) is 4.98 Å². The Labute approximate surface area is 168 Å². The molecule has 29 heavy (non-hydrogen) atoms. The van der Waals surface area contributed by atoms with Gasteiger partial charge in [0.1, 0.15) is 18.0 Å². The zero-order chi connectivity index (χ0) is 20.1. The number of imidazole rings is 1. The van der Waals surface area contributed by atoms with Crippen LogP contribution in [0.25, 0.3) is 16.9 Å². The molecule has 0 unspecified atom stereocenters. The van der Waals surface area contributed by atoms with Crippen molar-refractivity contribution < 1.29 is 14.3 Å². The highest BCUT2D eigenvalue weighted by Crippen LogP contribution is 2.25. The zero-order valence-corrected chi connectivity index (χ0v) is 15.9. The molecular formula is C22H20N4O3. The predicted octanol–water partition coefficient (Wildman–Crippen LogP) is 3.21. The number of benzene rings is 2. The Hall–Kier alpha value is -3.87. The molecule has 2 aromatic carbocycles. The average Bonchev–Trinajstić information content (AvgIpc) is 3.22. The third kappa shape index (κ3) is 4.03. The lowest BCUT2D eigenvalue weighted by molar-refractivity contribution is 0.0942. The van der Waals surface area contributed by atoms with Crippen molar-refractivity contribution in [2.45, 2.75) is 0 Å². The van der Waals surface area contributed by atoms with Gasteiger partial charge in [-0.05, 0) is 12.1 Å². The summed E-state index contributed by atoms with van der Waals surface area (Å²) in [7, 11) is 1.59. The molecule has 146 valence electrons. The number of carbonyl (C=O) groups is 1. The van der Waals surface area contributed by atoms with Gasteiger partial charge in [-0.15, -0.1) is 0 Å². The van der Waals surface area contributed by atoms with Crippen molar-refractivity contribution in [2.24, 2.45) is 0 Å². The number of carbonyl (C=O) groups excluding carboxylic acids is 1. The van der Waals surface area contributed by atoms with Gasteiger partial charge >= 0.3 is 0 Å². The molecule has 0 aliphatic rings. The van der Waals surface area contributed by atoms with E-state index < -0.39 is 0 Å². The minimum atomic E-state index is -0.267. The lowest BCUT2D eigenvalue weighted by Crippen LogP contribution is -2.28. The fraction of sp³-hybridized carbons (Fsp3) is 0.136. The lowest BCUT2D eigenvalue weighted by atomic mass is 10.1. The fourth-order valence-corrected chi connectivity index (χ4v) is 2.98. The minimum absolute atomic E-state index is 0.267. The van der Waals surface area contributed by atoms with E-state index in [2.05, 4.69) is 15.3 Å². The maximum absolute atomic E-state index is 12.5. The van der Waals surface area contributed by atoms with Crippen LogP contribution < -0.4 is 14.8 Å². The molecule has 7 heteroatoms. The number of nitrogens with one attached hydrogen (secondary N) is 1. The first-order chi connectivity index (χ1) is 14.3. The molecule has 7 nitrogen and oxygen atoms in total. The molecule has 0 atom stereocenters. The van der Waals surface area contributed by atoms with Crippen LogP contribution in [0.3, 0.4) is 0 Å². The number of ether oxygens (including phenoxy) is 2. The van der Waals surface area contributed by atoms with Crippen molar-refractivity contribution in [2.75, 3.05) is 20.3 Å². The van der Waals surface area contributed by atoms with Crippen molar-refractivity contribution in [1.82, 2.24) is 19.7 Å². The largest absolute Gasteiger partial charge is 0.493 e. The maximum Gasteiger partial charge on any atom is 0.271 e. The van der Waals surface area contributed by atoms with E-state index in [9.17, 15) is 4.79 Å². The molecule has 0 fully saturated rings. The smallest absolute Gasteiger partial charge is 0.271 e. The molecule has 0 radical (unpaired) electrons. The number of fused-ring (bicyclic) bond motifs is 1. The topological polar surface area (TPSA) is 77.8 Å². The third-order valence-corrected chi connectivity index (χ3v) is 4.37. The van der Waals surface area contributed by atoms with Crippen LogP contribution in [-0.2, 0) is 0 Å². The second-order valence-corrected chi connectivity index (χ2v) is 6.25. The molecule has 2 aromatic heterocycles. The summed E-state index contributed by atoms with van der Waals surface area (Å²) in [6.45, 7) is 0.658. The van der Waals surface area contributed by atoms with E-state index in [4.69, 9.17) is 9.47 Å². The van der Waals surface area contributed by atoms with E-state index in [0.29, 0.717) is 36.0 Å². The van der Waals surface area contributed by atoms with E-state index >= 15 is 0 Å². The normalized spacial score (nSPS) is 10.7. The van der Waals surface area contributed by atoms with Gasteiger partial charge < -0.3 is 19.2 Å². The number of nitrogens with zero attached hydrogens (tertiary/aromatic N) is 3. The van der Waals surface area contributed by atoms with Crippen LogP contribution in [0.1, 0.15) is 10.5 Å². The summed E-state index contributed by atoms with van der Waals surface area (Å²) in [5.41, 5.74) is 2.63. The van der Waals surface area contributed by atoms with Crippen LogP contribution in [0.5, 0.6) is 11.5 Å². The maximum atomic E-state index is 12.5. The molecule has 0 spiro atoms. The summed E-state index contributed by atoms with van der Waals surface area (Å²) in [4.78, 5) is 21.4. The van der Waals surface area contributed by atoms with Crippen LogP contribution >= 0.6 is 0 Å². The first-order valence-corrected chi connectivity index (χ1v) is 9.19. The van der Waals surface area contributed by atoms with Crippen molar-refractivity contribution in [3.63, 3.8) is 0 Å². The molecule has 0 saturated heterocycles. The number of aromatic nitrogens is 3. The lowest BCUT2D eigenvalue weighted by Gasteiger charge is -2.10. The van der Waals surface area contributed by atoms with Crippen molar-refractivity contribution in [3.8, 4) is 22.8 Å². The van der Waals surface area contributed by atoms with E-state index in [0.717, 1.165) is 11.3 Å². The standard InChI is InChI=1S/C22H20N4O3/c1-28-18-9-5-6-10-19(18)29-14-12-24-22(27)17-15-26-13-11-23-20(21(26)25-17)16-7-3-2-4-8-16/h2-11,13,15H,12,14H2,1H3,(H,24,27). The van der Waals surface area contributed by atoms with Crippen LogP contribution in [0, 0.1) is 0 Å². The highest BCUT2D eigenvalue weighted by molar-refractivity contribution is 5.93. The summed E-state index contributed by atoms with van der Waals surface area (Å²) < 4.78 is 12.7. The highest BCUT2D eigenvalue weighted by atomic mass is 16.5. The van der Waals surface area contributed by atoms with Gasteiger partial charge in [-0.3, -0.25) is 9.78 Å². The Morgan fingerprint density at radius 3 is 2.62 bits per heavy atom. The van der Waals surface area contributed by atoms with Crippen LogP contribution in [-0.4, -0.2) is 40.5 Å². The van der Waals surface area contributed by atoms with Crippen LogP contribution in [0.4, 0.5) is 0 Å². The first-order valence-electron chi connectivity index (χ1n) is 9.19. The highest BCUT2D eigenvalue weighted by Gasteiger charge is 2.14. The number of amides is 1. The molecule has 0 aliphatic carbocycles. The Morgan fingerprint density at radius 2 is 1.83 bits per heavy atom. The first kappa shape index (κ1) is 18.5. The van der Waals surface area contributed by atoms with Gasteiger partial charge in [0, 0.05) is 24.2 Å². The molecule has 0 aliphatic heterocycles. The molecule has 4 rings (SSSR count). The molecule has 1 amide bonds. The predicted molar refractivity (Wildman–Crippen MR) is 109 cm³/mol. The van der Waals surface area contributed by atoms with E-state index in [1.165, 1.54) is 0 Å². The quantitative estimate of drug-likeness (QED) is 0.492. The SMILES string of the molecule is COc1ccccc1OCCNC(=O)c1cn2ccnc(-c3ccccc3)c2n1. The molecule has 4 aromatic rings. The summed E-state index contributed by atoms with van der Waals surface area (Å²) in [6.07, 6.45) is 5.16. The monoisotopic (exact) mass is 388 g/mol. The van der Waals surface area contributed by atoms with Gasteiger partial charge in [-0.1, -0.05) is 42.5 Å². The Kier molecular flexibility index (Phi) is 5.38. The van der Waals surface area contributed by atoms with Gasteiger partial charge in [0.05, 0.1) is 13.7 Å². The van der Waals surface area contributed by atoms with Crippen molar-refractivity contribution in [1.29, 1.82) is 0 Å². The Bertz CT molecular complexity index is 1130. The minimum Gasteiger partial charge on any atom is -0.493 e. The molecule has 2 heterocycles. The Morgan fingerprint density at radius 1 is 1.07 bits per heavy atom. The summed E-state index contributed by atoms with van der Waals surface area (Å²) in [5, 5.41) is 2.83. The van der Waals surface area contributed by atoms with Crippen molar-refractivity contribution in [3.05, 3.63) is 78.9 Å². The second kappa shape index (κ2) is 8.43. The number of methoxy groups -OCH3 is 1. The van der Waals surface area contributed by atoms with E-state index in [1.54, 1.807) is 30.1 Å². The molecule has 0 bridgehead atoms. The number of hydrogen-bond donors (Lipinski definition) is 1. The number of para-hydroxylation sites is 2. The van der Waals surface area contributed by atoms with E-state index in [-0.39, 0.29) is 5.91 Å². The average molecular weight is 388 g/mol. The Balaban J connectivity index is 1.43. The molecule has 1 N–H and O–H groups in total. The third-order valence-electron chi connectivity index (χ3n) is 4.37. The summed E-state index contributed by atoms with van der Waals surface area (Å²) in [5.74, 6) is 1.02. The van der Waals surface area contributed by atoms with Gasteiger partial charge in [0.15, 0.2) is 17.1 Å². The second-order valence-electron chi connectivity index (χ2n) is 6.25. The number of hydrogen-bond acceptors (Lipinski definition) is 5. The summed E-state index contributed by atoms with van der Waals surface area (Å²) >= 11 is 0. The van der Waals surface area contributed by atoms with Gasteiger partial charge in [-0.2, -0.15) is 0 Å². The van der Waals surface area contributed by atoms with Gasteiger partial charge in [0.2, 0.25) is 0 Å². The number of rotatable bonds is 7. The van der Waals surface area contributed by atoms with Gasteiger partial charge in [0.25, 0.3) is 5.91 Å².